The van der Waals surface area contributed by atoms with Gasteiger partial charge in [0.15, 0.2) is 0 Å². The molecule has 8 heteroatoms. The summed E-state index contributed by atoms with van der Waals surface area (Å²) in [5.41, 5.74) is 3.56. The lowest BCUT2D eigenvalue weighted by Gasteiger charge is -2.09. The van der Waals surface area contributed by atoms with Crippen LogP contribution in [0.4, 0.5) is 4.39 Å². The fourth-order valence-electron chi connectivity index (χ4n) is 3.41. The van der Waals surface area contributed by atoms with Crippen molar-refractivity contribution in [3.05, 3.63) is 92.7 Å². The van der Waals surface area contributed by atoms with Crippen molar-refractivity contribution in [3.63, 3.8) is 0 Å². The molecular weight excluding hydrogens is 419 g/mol. The van der Waals surface area contributed by atoms with Gasteiger partial charge < -0.3 is 9.88 Å². The Bertz CT molecular complexity index is 1340. The highest BCUT2D eigenvalue weighted by molar-refractivity contribution is 6.31. The number of pyridine rings is 1. The molecule has 0 fully saturated rings. The van der Waals surface area contributed by atoms with Crippen molar-refractivity contribution in [1.29, 1.82) is 0 Å². The average Bonchev–Trinajstić information content (AvgIpc) is 3.07. The zero-order valence-corrected chi connectivity index (χ0v) is 17.8. The molecule has 2 heterocycles. The zero-order valence-electron chi connectivity index (χ0n) is 17.0. The van der Waals surface area contributed by atoms with Crippen LogP contribution in [0.1, 0.15) is 16.8 Å². The number of halogens is 2. The molecule has 0 atom stereocenters. The molecule has 0 aliphatic heterocycles. The normalized spacial score (nSPS) is 11.1. The number of benzene rings is 2. The van der Waals surface area contributed by atoms with E-state index in [0.29, 0.717) is 22.2 Å². The number of aromatic nitrogens is 3. The van der Waals surface area contributed by atoms with Gasteiger partial charge in [0.1, 0.15) is 12.4 Å². The third-order valence-corrected chi connectivity index (χ3v) is 5.42. The topological polar surface area (TPSA) is 68.9 Å². The number of carbonyl (C=O) groups is 1. The molecule has 4 rings (SSSR count). The van der Waals surface area contributed by atoms with Crippen molar-refractivity contribution in [2.75, 3.05) is 0 Å². The van der Waals surface area contributed by atoms with E-state index in [1.807, 2.05) is 31.2 Å². The predicted octanol–water partition coefficient (Wildman–Crippen LogP) is 3.91. The van der Waals surface area contributed by atoms with E-state index < -0.39 is 5.82 Å². The summed E-state index contributed by atoms with van der Waals surface area (Å²) in [5.74, 6) is -0.799. The molecule has 0 radical (unpaired) electrons. The molecule has 2 aromatic heterocycles. The molecule has 158 valence electrons. The number of rotatable bonds is 5. The predicted molar refractivity (Wildman–Crippen MR) is 118 cm³/mol. The van der Waals surface area contributed by atoms with Crippen LogP contribution in [-0.2, 0) is 17.9 Å². The van der Waals surface area contributed by atoms with Crippen LogP contribution in [0.3, 0.4) is 0 Å². The quantitative estimate of drug-likeness (QED) is 0.513. The number of hydrogen-bond donors (Lipinski definition) is 1. The third kappa shape index (κ3) is 4.22. The Kier molecular flexibility index (Phi) is 5.61. The van der Waals surface area contributed by atoms with Gasteiger partial charge in [0.25, 0.3) is 5.56 Å². The molecule has 1 amide bonds. The lowest BCUT2D eigenvalue weighted by molar-refractivity contribution is -0.121. The van der Waals surface area contributed by atoms with Crippen molar-refractivity contribution >= 4 is 28.4 Å². The van der Waals surface area contributed by atoms with Crippen molar-refractivity contribution in [3.8, 4) is 5.69 Å². The highest BCUT2D eigenvalue weighted by atomic mass is 35.5. The maximum absolute atomic E-state index is 13.1. The van der Waals surface area contributed by atoms with Gasteiger partial charge >= 0.3 is 0 Å². The van der Waals surface area contributed by atoms with Crippen LogP contribution in [0.25, 0.3) is 16.6 Å². The van der Waals surface area contributed by atoms with Gasteiger partial charge in [0.05, 0.1) is 22.3 Å². The summed E-state index contributed by atoms with van der Waals surface area (Å²) < 4.78 is 16.2. The highest BCUT2D eigenvalue weighted by Crippen LogP contribution is 2.19. The van der Waals surface area contributed by atoms with Gasteiger partial charge in [0, 0.05) is 17.8 Å². The Morgan fingerprint density at radius 2 is 1.87 bits per heavy atom. The number of hydrogen-bond acceptors (Lipinski definition) is 3. The summed E-state index contributed by atoms with van der Waals surface area (Å²) in [5, 5.41) is 7.93. The minimum atomic E-state index is -0.443. The maximum Gasteiger partial charge on any atom is 0.262 e. The minimum Gasteiger partial charge on any atom is -0.350 e. The van der Waals surface area contributed by atoms with E-state index in [0.717, 1.165) is 11.3 Å². The van der Waals surface area contributed by atoms with Crippen LogP contribution in [0.2, 0.25) is 5.02 Å². The minimum absolute atomic E-state index is 0.138. The number of nitrogens with one attached hydrogen (secondary N) is 1. The first kappa shape index (κ1) is 20.8. The number of nitrogens with zero attached hydrogens (tertiary/aromatic N) is 3. The highest BCUT2D eigenvalue weighted by Gasteiger charge is 2.15. The number of carbonyl (C=O) groups excluding carboxylic acids is 1. The van der Waals surface area contributed by atoms with Crippen LogP contribution in [0.5, 0.6) is 0 Å². The summed E-state index contributed by atoms with van der Waals surface area (Å²) in [6.07, 6.45) is 1.58. The van der Waals surface area contributed by atoms with E-state index in [-0.39, 0.29) is 29.6 Å². The van der Waals surface area contributed by atoms with Gasteiger partial charge in [-0.2, -0.15) is 5.10 Å². The fourth-order valence-corrected chi connectivity index (χ4v) is 3.65. The second-order valence-electron chi connectivity index (χ2n) is 7.35. The molecule has 31 heavy (non-hydrogen) atoms. The Labute approximate surface area is 182 Å². The van der Waals surface area contributed by atoms with Crippen molar-refractivity contribution in [1.82, 2.24) is 19.7 Å². The van der Waals surface area contributed by atoms with Crippen molar-refractivity contribution < 1.29 is 9.18 Å². The van der Waals surface area contributed by atoms with E-state index in [1.54, 1.807) is 23.9 Å². The summed E-state index contributed by atoms with van der Waals surface area (Å²) in [7, 11) is 0. The fraction of sp³-hybridized carbons (Fsp3) is 0.174. The Hall–Kier alpha value is -3.45. The summed E-state index contributed by atoms with van der Waals surface area (Å²) in [4.78, 5) is 25.4. The van der Waals surface area contributed by atoms with E-state index >= 15 is 0 Å². The summed E-state index contributed by atoms with van der Waals surface area (Å²) in [6.45, 7) is 3.77. The van der Waals surface area contributed by atoms with Crippen LogP contribution in [0, 0.1) is 19.7 Å². The molecule has 0 bridgehead atoms. The molecule has 0 spiro atoms. The first-order valence-corrected chi connectivity index (χ1v) is 10.1. The largest absolute Gasteiger partial charge is 0.350 e. The molecule has 0 saturated heterocycles. The molecular formula is C23H20ClFN4O2. The Morgan fingerprint density at radius 1 is 1.13 bits per heavy atom. The average molecular weight is 439 g/mol. The molecule has 6 nitrogen and oxygen atoms in total. The van der Waals surface area contributed by atoms with Gasteiger partial charge in [-0.25, -0.2) is 9.07 Å². The first-order valence-electron chi connectivity index (χ1n) is 9.70. The molecule has 2 aromatic carbocycles. The van der Waals surface area contributed by atoms with Gasteiger partial charge in [-0.15, -0.1) is 0 Å². The van der Waals surface area contributed by atoms with Gasteiger partial charge in [-0.1, -0.05) is 35.4 Å². The van der Waals surface area contributed by atoms with Crippen LogP contribution < -0.4 is 10.9 Å². The van der Waals surface area contributed by atoms with Gasteiger partial charge in [-0.3, -0.25) is 9.59 Å². The first-order chi connectivity index (χ1) is 14.8. The van der Waals surface area contributed by atoms with Gasteiger partial charge in [-0.05, 0) is 49.7 Å². The standard InChI is InChI=1S/C23H20ClFN4O2/c1-14-3-7-18(8-4-14)29-20-9-10-28(23(31)22(20)15(2)27-29)13-21(30)26-12-16-5-6-17(25)11-19(16)24/h3-11H,12-13H2,1-2H3,(H,26,30). The third-order valence-electron chi connectivity index (χ3n) is 5.07. The molecule has 0 unspecified atom stereocenters. The monoisotopic (exact) mass is 438 g/mol. The Morgan fingerprint density at radius 3 is 2.58 bits per heavy atom. The number of fused-ring (bicyclic) bond motifs is 1. The maximum atomic E-state index is 13.1. The molecule has 0 aliphatic rings. The smallest absolute Gasteiger partial charge is 0.262 e. The summed E-state index contributed by atoms with van der Waals surface area (Å²) in [6, 6.07) is 13.6. The second kappa shape index (κ2) is 8.35. The molecule has 4 aromatic rings. The lowest BCUT2D eigenvalue weighted by atomic mass is 10.2. The Balaban J connectivity index is 1.56. The zero-order chi connectivity index (χ0) is 22.1. The molecule has 0 saturated carbocycles. The second-order valence-corrected chi connectivity index (χ2v) is 7.76. The van der Waals surface area contributed by atoms with Crippen molar-refractivity contribution in [2.45, 2.75) is 26.9 Å². The number of amides is 1. The van der Waals surface area contributed by atoms with E-state index in [2.05, 4.69) is 10.4 Å². The van der Waals surface area contributed by atoms with E-state index in [1.165, 1.54) is 22.8 Å². The van der Waals surface area contributed by atoms with Crippen molar-refractivity contribution in [2.24, 2.45) is 0 Å². The van der Waals surface area contributed by atoms with Gasteiger partial charge in [0.2, 0.25) is 5.91 Å². The van der Waals surface area contributed by atoms with E-state index in [4.69, 9.17) is 11.6 Å². The number of aryl methyl sites for hydroxylation is 2. The molecule has 0 aliphatic carbocycles. The lowest BCUT2D eigenvalue weighted by Crippen LogP contribution is -2.32. The SMILES string of the molecule is Cc1ccc(-n2nc(C)c3c(=O)n(CC(=O)NCc4ccc(F)cc4Cl)ccc32)cc1. The molecule has 1 N–H and O–H groups in total. The van der Waals surface area contributed by atoms with E-state index in [9.17, 15) is 14.0 Å². The summed E-state index contributed by atoms with van der Waals surface area (Å²) >= 11 is 5.99. The van der Waals surface area contributed by atoms with Crippen LogP contribution >= 0.6 is 11.6 Å². The van der Waals surface area contributed by atoms with Crippen LogP contribution in [-0.4, -0.2) is 20.3 Å². The van der Waals surface area contributed by atoms with Crippen LogP contribution in [0.15, 0.2) is 59.5 Å².